The number of halogens is 2. The van der Waals surface area contributed by atoms with Crippen molar-refractivity contribution >= 4 is 5.78 Å². The average Bonchev–Trinajstić information content (AvgIpc) is 2.51. The molecule has 1 heterocycles. The van der Waals surface area contributed by atoms with Crippen LogP contribution in [0.25, 0.3) is 0 Å². The van der Waals surface area contributed by atoms with E-state index in [9.17, 15) is 13.6 Å². The predicted molar refractivity (Wildman–Crippen MR) is 74.7 cm³/mol. The number of ether oxygens (including phenoxy) is 1. The number of carbonyl (C=O) groups excluding carboxylic acids is 1. The molecule has 0 radical (unpaired) electrons. The van der Waals surface area contributed by atoms with Crippen LogP contribution in [0.4, 0.5) is 8.78 Å². The quantitative estimate of drug-likeness (QED) is 0.805. The molecule has 1 aliphatic rings. The van der Waals surface area contributed by atoms with Crippen molar-refractivity contribution in [3.8, 4) is 5.75 Å². The zero-order valence-corrected chi connectivity index (χ0v) is 11.4. The van der Waals surface area contributed by atoms with Crippen LogP contribution in [-0.2, 0) is 12.8 Å². The summed E-state index contributed by atoms with van der Waals surface area (Å²) in [6.45, 7) is 0.689. The zero-order chi connectivity index (χ0) is 14.8. The zero-order valence-electron chi connectivity index (χ0n) is 11.4. The maximum atomic E-state index is 13.6. The maximum Gasteiger partial charge on any atom is 0.167 e. The Hall–Kier alpha value is -2.23. The molecule has 0 aromatic heterocycles. The van der Waals surface area contributed by atoms with Crippen molar-refractivity contribution in [2.75, 3.05) is 6.61 Å². The molecule has 0 saturated heterocycles. The van der Waals surface area contributed by atoms with Gasteiger partial charge >= 0.3 is 0 Å². The number of ketones is 1. The van der Waals surface area contributed by atoms with Crippen molar-refractivity contribution in [2.24, 2.45) is 0 Å². The summed E-state index contributed by atoms with van der Waals surface area (Å²) < 4.78 is 32.2. The lowest BCUT2D eigenvalue weighted by Gasteiger charge is -2.17. The molecule has 4 heteroatoms. The molecular formula is C17H14F2O2. The van der Waals surface area contributed by atoms with Gasteiger partial charge in [0, 0.05) is 12.0 Å². The van der Waals surface area contributed by atoms with Gasteiger partial charge in [0.05, 0.1) is 6.61 Å². The Morgan fingerprint density at radius 3 is 2.90 bits per heavy atom. The molecule has 0 atom stereocenters. The van der Waals surface area contributed by atoms with Crippen molar-refractivity contribution in [3.63, 3.8) is 0 Å². The molecule has 0 N–H and O–H groups in total. The second-order valence-electron chi connectivity index (χ2n) is 5.09. The van der Waals surface area contributed by atoms with E-state index in [0.29, 0.717) is 12.2 Å². The molecule has 21 heavy (non-hydrogen) atoms. The third kappa shape index (κ3) is 2.79. The first kappa shape index (κ1) is 13.7. The van der Waals surface area contributed by atoms with Gasteiger partial charge in [-0.2, -0.15) is 0 Å². The summed E-state index contributed by atoms with van der Waals surface area (Å²) >= 11 is 0. The Balaban J connectivity index is 1.84. The van der Waals surface area contributed by atoms with Crippen molar-refractivity contribution < 1.29 is 18.3 Å². The van der Waals surface area contributed by atoms with E-state index in [1.54, 1.807) is 18.2 Å². The number of benzene rings is 2. The van der Waals surface area contributed by atoms with Gasteiger partial charge in [-0.05, 0) is 48.2 Å². The van der Waals surface area contributed by atoms with Gasteiger partial charge < -0.3 is 4.74 Å². The summed E-state index contributed by atoms with van der Waals surface area (Å²) in [7, 11) is 0. The molecule has 0 aliphatic carbocycles. The normalized spacial score (nSPS) is 13.4. The van der Waals surface area contributed by atoms with E-state index in [1.165, 1.54) is 12.1 Å². The summed E-state index contributed by atoms with van der Waals surface area (Å²) in [5.74, 6) is -1.31. The molecule has 2 nitrogen and oxygen atoms in total. The van der Waals surface area contributed by atoms with Gasteiger partial charge in [0.15, 0.2) is 17.4 Å². The predicted octanol–water partition coefficient (Wildman–Crippen LogP) is 3.72. The minimum atomic E-state index is -0.952. The topological polar surface area (TPSA) is 26.3 Å². The highest BCUT2D eigenvalue weighted by Gasteiger charge is 2.16. The van der Waals surface area contributed by atoms with Crippen LogP contribution in [0.15, 0.2) is 36.4 Å². The second kappa shape index (κ2) is 5.64. The van der Waals surface area contributed by atoms with E-state index >= 15 is 0 Å². The third-order valence-electron chi connectivity index (χ3n) is 3.61. The smallest absolute Gasteiger partial charge is 0.167 e. The van der Waals surface area contributed by atoms with Crippen molar-refractivity contribution in [1.82, 2.24) is 0 Å². The first-order chi connectivity index (χ1) is 10.1. The molecule has 0 spiro atoms. The fraction of sp³-hybridized carbons (Fsp3) is 0.235. The lowest BCUT2D eigenvalue weighted by Crippen LogP contribution is -2.11. The molecule has 2 aromatic rings. The number of hydrogen-bond donors (Lipinski definition) is 0. The Bertz CT molecular complexity index is 695. The van der Waals surface area contributed by atoms with Gasteiger partial charge in [-0.1, -0.05) is 12.1 Å². The average molecular weight is 288 g/mol. The van der Waals surface area contributed by atoms with Crippen LogP contribution in [-0.4, -0.2) is 12.4 Å². The lowest BCUT2D eigenvalue weighted by molar-refractivity contribution is 0.0991. The summed E-state index contributed by atoms with van der Waals surface area (Å²) in [5.41, 5.74) is 1.57. The number of hydrogen-bond acceptors (Lipinski definition) is 2. The Labute approximate surface area is 121 Å². The molecule has 0 saturated carbocycles. The van der Waals surface area contributed by atoms with E-state index in [4.69, 9.17) is 4.74 Å². The molecule has 2 aromatic carbocycles. The van der Waals surface area contributed by atoms with E-state index in [0.717, 1.165) is 30.2 Å². The molecular weight excluding hydrogens is 274 g/mol. The lowest BCUT2D eigenvalue weighted by atomic mass is 9.98. The molecule has 0 amide bonds. The van der Waals surface area contributed by atoms with Crippen molar-refractivity contribution in [2.45, 2.75) is 19.3 Å². The Morgan fingerprint density at radius 2 is 2.05 bits per heavy atom. The van der Waals surface area contributed by atoms with E-state index in [-0.39, 0.29) is 17.8 Å². The molecule has 0 fully saturated rings. The minimum Gasteiger partial charge on any atom is -0.493 e. The van der Waals surface area contributed by atoms with Gasteiger partial charge in [0.1, 0.15) is 5.75 Å². The Kier molecular flexibility index (Phi) is 3.69. The highest BCUT2D eigenvalue weighted by atomic mass is 19.2. The number of carbonyl (C=O) groups is 1. The van der Waals surface area contributed by atoms with Crippen LogP contribution in [0.5, 0.6) is 5.75 Å². The first-order valence-corrected chi connectivity index (χ1v) is 6.87. The fourth-order valence-electron chi connectivity index (χ4n) is 2.49. The van der Waals surface area contributed by atoms with Gasteiger partial charge in [-0.15, -0.1) is 0 Å². The van der Waals surface area contributed by atoms with Gasteiger partial charge in [0.25, 0.3) is 0 Å². The highest BCUT2D eigenvalue weighted by Crippen LogP contribution is 2.26. The fourth-order valence-corrected chi connectivity index (χ4v) is 2.49. The summed E-state index contributed by atoms with van der Waals surface area (Å²) in [6, 6.07) is 9.10. The SMILES string of the molecule is O=C(Cc1cccc(F)c1F)c1ccc2c(c1)CCCO2. The number of rotatable bonds is 3. The molecule has 0 unspecified atom stereocenters. The van der Waals surface area contributed by atoms with Crippen LogP contribution in [0.2, 0.25) is 0 Å². The number of aryl methyl sites for hydroxylation is 1. The van der Waals surface area contributed by atoms with Gasteiger partial charge in [0.2, 0.25) is 0 Å². The van der Waals surface area contributed by atoms with Gasteiger partial charge in [-0.25, -0.2) is 8.78 Å². The Morgan fingerprint density at radius 1 is 1.19 bits per heavy atom. The maximum absolute atomic E-state index is 13.6. The van der Waals surface area contributed by atoms with Crippen LogP contribution in [0.1, 0.15) is 27.9 Å². The van der Waals surface area contributed by atoms with E-state index in [1.807, 2.05) is 0 Å². The monoisotopic (exact) mass is 288 g/mol. The summed E-state index contributed by atoms with van der Waals surface area (Å²) in [4.78, 5) is 12.2. The largest absolute Gasteiger partial charge is 0.493 e. The molecule has 1 aliphatic heterocycles. The summed E-state index contributed by atoms with van der Waals surface area (Å²) in [5, 5.41) is 0. The number of fused-ring (bicyclic) bond motifs is 1. The van der Waals surface area contributed by atoms with Crippen LogP contribution in [0, 0.1) is 11.6 Å². The van der Waals surface area contributed by atoms with Crippen LogP contribution in [0.3, 0.4) is 0 Å². The van der Waals surface area contributed by atoms with Crippen LogP contribution >= 0.6 is 0 Å². The third-order valence-corrected chi connectivity index (χ3v) is 3.61. The molecule has 0 bridgehead atoms. The van der Waals surface area contributed by atoms with E-state index in [2.05, 4.69) is 0 Å². The van der Waals surface area contributed by atoms with Crippen molar-refractivity contribution in [1.29, 1.82) is 0 Å². The standard InChI is InChI=1S/C17H14F2O2/c18-14-5-1-3-13(17(14)19)10-15(20)11-6-7-16-12(9-11)4-2-8-21-16/h1,3,5-7,9H,2,4,8,10H2. The molecule has 108 valence electrons. The van der Waals surface area contributed by atoms with Crippen LogP contribution < -0.4 is 4.74 Å². The van der Waals surface area contributed by atoms with Crippen molar-refractivity contribution in [3.05, 3.63) is 64.7 Å². The van der Waals surface area contributed by atoms with E-state index < -0.39 is 11.6 Å². The first-order valence-electron chi connectivity index (χ1n) is 6.87. The minimum absolute atomic E-state index is 0.0778. The van der Waals surface area contributed by atoms with Gasteiger partial charge in [-0.3, -0.25) is 4.79 Å². The molecule has 3 rings (SSSR count). The summed E-state index contributed by atoms with van der Waals surface area (Å²) in [6.07, 6.45) is 1.64. The highest BCUT2D eigenvalue weighted by molar-refractivity contribution is 5.97. The number of Topliss-reactive ketones (excluding diaryl/α,β-unsaturated/α-hetero) is 1. The second-order valence-corrected chi connectivity index (χ2v) is 5.09.